The minimum Gasteiger partial charge on any atom is -0.494 e. The first-order chi connectivity index (χ1) is 12.2. The summed E-state index contributed by atoms with van der Waals surface area (Å²) in [4.78, 5) is 12.3. The fraction of sp³-hybridized carbons (Fsp3) is 0.211. The standard InChI is InChI=1S/C19H19N3O2S/c1-3-24-17-11-9-16(10-12-17)22-14(2)20-21-19(22)25-13-18(23)15-7-5-4-6-8-15/h4-12H,3,13H2,1-2H3. The van der Waals surface area contributed by atoms with Gasteiger partial charge < -0.3 is 4.74 Å². The van der Waals surface area contributed by atoms with Crippen LogP contribution in [0.25, 0.3) is 5.69 Å². The van der Waals surface area contributed by atoms with E-state index < -0.39 is 0 Å². The van der Waals surface area contributed by atoms with Crippen molar-refractivity contribution in [2.24, 2.45) is 0 Å². The maximum atomic E-state index is 12.3. The van der Waals surface area contributed by atoms with Gasteiger partial charge in [-0.15, -0.1) is 10.2 Å². The van der Waals surface area contributed by atoms with Gasteiger partial charge in [0.15, 0.2) is 10.9 Å². The van der Waals surface area contributed by atoms with E-state index in [9.17, 15) is 4.79 Å². The second kappa shape index (κ2) is 7.98. The fourth-order valence-electron chi connectivity index (χ4n) is 2.43. The van der Waals surface area contributed by atoms with Crippen LogP contribution in [-0.4, -0.2) is 32.9 Å². The van der Waals surface area contributed by atoms with Crippen LogP contribution in [0.3, 0.4) is 0 Å². The molecule has 3 rings (SSSR count). The van der Waals surface area contributed by atoms with Crippen molar-refractivity contribution in [3.63, 3.8) is 0 Å². The Morgan fingerprint density at radius 1 is 1.08 bits per heavy atom. The highest BCUT2D eigenvalue weighted by atomic mass is 32.2. The summed E-state index contributed by atoms with van der Waals surface area (Å²) in [5.41, 5.74) is 1.65. The monoisotopic (exact) mass is 353 g/mol. The Kier molecular flexibility index (Phi) is 5.50. The number of ketones is 1. The average molecular weight is 353 g/mol. The number of hydrogen-bond acceptors (Lipinski definition) is 5. The minimum absolute atomic E-state index is 0.0736. The molecule has 0 aliphatic heterocycles. The van der Waals surface area contributed by atoms with Gasteiger partial charge in [-0.3, -0.25) is 9.36 Å². The highest BCUT2D eigenvalue weighted by Gasteiger charge is 2.14. The Labute approximate surface area is 151 Å². The summed E-state index contributed by atoms with van der Waals surface area (Å²) in [6.07, 6.45) is 0. The molecule has 3 aromatic rings. The summed E-state index contributed by atoms with van der Waals surface area (Å²) >= 11 is 1.39. The molecule has 5 nitrogen and oxygen atoms in total. The summed E-state index contributed by atoms with van der Waals surface area (Å²) in [5.74, 6) is 1.99. The van der Waals surface area contributed by atoms with Crippen molar-refractivity contribution in [1.82, 2.24) is 14.8 Å². The Balaban J connectivity index is 1.76. The first kappa shape index (κ1) is 17.2. The molecule has 0 aliphatic rings. The molecule has 0 N–H and O–H groups in total. The summed E-state index contributed by atoms with van der Waals surface area (Å²) in [5, 5.41) is 9.06. The summed E-state index contributed by atoms with van der Waals surface area (Å²) in [6.45, 7) is 4.48. The molecule has 0 saturated heterocycles. The molecular formula is C19H19N3O2S. The van der Waals surface area contributed by atoms with Crippen LogP contribution >= 0.6 is 11.8 Å². The van der Waals surface area contributed by atoms with Crippen molar-refractivity contribution < 1.29 is 9.53 Å². The quantitative estimate of drug-likeness (QED) is 0.475. The zero-order valence-corrected chi connectivity index (χ0v) is 15.0. The highest BCUT2D eigenvalue weighted by molar-refractivity contribution is 7.99. The Morgan fingerprint density at radius 2 is 1.80 bits per heavy atom. The first-order valence-electron chi connectivity index (χ1n) is 8.05. The number of nitrogens with zero attached hydrogens (tertiary/aromatic N) is 3. The van der Waals surface area contributed by atoms with Crippen molar-refractivity contribution in [3.8, 4) is 11.4 Å². The molecule has 0 spiro atoms. The van der Waals surface area contributed by atoms with Gasteiger partial charge in [0, 0.05) is 11.3 Å². The van der Waals surface area contributed by atoms with Crippen LogP contribution in [0, 0.1) is 6.92 Å². The molecule has 0 unspecified atom stereocenters. The average Bonchev–Trinajstić information content (AvgIpc) is 3.02. The van der Waals surface area contributed by atoms with Crippen molar-refractivity contribution >= 4 is 17.5 Å². The summed E-state index contributed by atoms with van der Waals surface area (Å²) in [6, 6.07) is 17.0. The first-order valence-corrected chi connectivity index (χ1v) is 9.04. The number of carbonyl (C=O) groups excluding carboxylic acids is 1. The lowest BCUT2D eigenvalue weighted by Crippen LogP contribution is -2.05. The molecule has 0 amide bonds. The zero-order chi connectivity index (χ0) is 17.6. The van der Waals surface area contributed by atoms with Crippen molar-refractivity contribution in [2.45, 2.75) is 19.0 Å². The third-order valence-corrected chi connectivity index (χ3v) is 4.56. The van der Waals surface area contributed by atoms with Crippen LogP contribution in [-0.2, 0) is 0 Å². The van der Waals surface area contributed by atoms with Crippen LogP contribution in [0.4, 0.5) is 0 Å². The molecule has 0 fully saturated rings. The van der Waals surface area contributed by atoms with Gasteiger partial charge >= 0.3 is 0 Å². The number of benzene rings is 2. The van der Waals surface area contributed by atoms with Gasteiger partial charge in [0.1, 0.15) is 11.6 Å². The molecule has 128 valence electrons. The smallest absolute Gasteiger partial charge is 0.196 e. The lowest BCUT2D eigenvalue weighted by Gasteiger charge is -2.09. The Bertz CT molecular complexity index is 845. The molecule has 0 bridgehead atoms. The fourth-order valence-corrected chi connectivity index (χ4v) is 3.32. The van der Waals surface area contributed by atoms with Crippen LogP contribution in [0.5, 0.6) is 5.75 Å². The largest absolute Gasteiger partial charge is 0.494 e. The number of carbonyl (C=O) groups is 1. The minimum atomic E-state index is 0.0736. The molecule has 2 aromatic carbocycles. The van der Waals surface area contributed by atoms with Gasteiger partial charge in [0.05, 0.1) is 12.4 Å². The number of aromatic nitrogens is 3. The molecule has 0 atom stereocenters. The van der Waals surface area contributed by atoms with E-state index in [1.54, 1.807) is 0 Å². The SMILES string of the molecule is CCOc1ccc(-n2c(C)nnc2SCC(=O)c2ccccc2)cc1. The topological polar surface area (TPSA) is 57.0 Å². The van der Waals surface area contributed by atoms with Gasteiger partial charge in [-0.1, -0.05) is 42.1 Å². The molecule has 25 heavy (non-hydrogen) atoms. The van der Waals surface area contributed by atoms with Crippen LogP contribution < -0.4 is 4.74 Å². The second-order valence-corrected chi connectivity index (χ2v) is 6.31. The summed E-state index contributed by atoms with van der Waals surface area (Å²) < 4.78 is 7.42. The summed E-state index contributed by atoms with van der Waals surface area (Å²) in [7, 11) is 0. The molecular weight excluding hydrogens is 334 g/mol. The molecule has 1 aromatic heterocycles. The number of hydrogen-bond donors (Lipinski definition) is 0. The van der Waals surface area contributed by atoms with E-state index in [-0.39, 0.29) is 5.78 Å². The highest BCUT2D eigenvalue weighted by Crippen LogP contribution is 2.24. The Hall–Kier alpha value is -2.60. The number of ether oxygens (including phenoxy) is 1. The van der Waals surface area contributed by atoms with E-state index >= 15 is 0 Å². The molecule has 0 saturated carbocycles. The van der Waals surface area contributed by atoms with E-state index in [1.165, 1.54) is 11.8 Å². The van der Waals surface area contributed by atoms with Crippen molar-refractivity contribution in [3.05, 3.63) is 66.0 Å². The van der Waals surface area contributed by atoms with Gasteiger partial charge in [0.2, 0.25) is 0 Å². The molecule has 1 heterocycles. The molecule has 6 heteroatoms. The van der Waals surface area contributed by atoms with E-state index in [1.807, 2.05) is 73.0 Å². The second-order valence-electron chi connectivity index (χ2n) is 5.37. The van der Waals surface area contributed by atoms with Crippen LogP contribution in [0.15, 0.2) is 59.8 Å². The predicted octanol–water partition coefficient (Wildman–Crippen LogP) is 3.95. The third kappa shape index (κ3) is 4.09. The van der Waals surface area contributed by atoms with Crippen molar-refractivity contribution in [2.75, 3.05) is 12.4 Å². The number of rotatable bonds is 7. The number of Topliss-reactive ketones (excluding diaryl/α,β-unsaturated/α-hetero) is 1. The van der Waals surface area contributed by atoms with E-state index in [0.717, 1.165) is 17.3 Å². The van der Waals surface area contributed by atoms with Gasteiger partial charge in [0.25, 0.3) is 0 Å². The zero-order valence-electron chi connectivity index (χ0n) is 14.2. The van der Waals surface area contributed by atoms with Crippen LogP contribution in [0.2, 0.25) is 0 Å². The number of thioether (sulfide) groups is 1. The van der Waals surface area contributed by atoms with Crippen LogP contribution in [0.1, 0.15) is 23.1 Å². The van der Waals surface area contributed by atoms with Gasteiger partial charge in [-0.2, -0.15) is 0 Å². The Morgan fingerprint density at radius 3 is 2.48 bits per heavy atom. The lowest BCUT2D eigenvalue weighted by atomic mass is 10.2. The van der Waals surface area contributed by atoms with E-state index in [0.29, 0.717) is 23.1 Å². The number of aryl methyl sites for hydroxylation is 1. The van der Waals surface area contributed by atoms with E-state index in [4.69, 9.17) is 4.74 Å². The van der Waals surface area contributed by atoms with Gasteiger partial charge in [-0.25, -0.2) is 0 Å². The lowest BCUT2D eigenvalue weighted by molar-refractivity contribution is 0.102. The molecule has 0 aliphatic carbocycles. The van der Waals surface area contributed by atoms with E-state index in [2.05, 4.69) is 10.2 Å². The maximum Gasteiger partial charge on any atom is 0.196 e. The third-order valence-electron chi connectivity index (χ3n) is 3.63. The van der Waals surface area contributed by atoms with Crippen molar-refractivity contribution in [1.29, 1.82) is 0 Å². The van der Waals surface area contributed by atoms with Gasteiger partial charge in [-0.05, 0) is 38.1 Å². The molecule has 0 radical (unpaired) electrons. The normalized spacial score (nSPS) is 10.6. The maximum absolute atomic E-state index is 12.3. The predicted molar refractivity (Wildman–Crippen MR) is 98.8 cm³/mol.